The molecule has 63 heavy (non-hydrogen) atoms. The summed E-state index contributed by atoms with van der Waals surface area (Å²) < 4.78 is 80.0. The van der Waals surface area contributed by atoms with Gasteiger partial charge in [0.05, 0.1) is 11.1 Å². The normalized spacial score (nSPS) is 17.5. The first-order chi connectivity index (χ1) is 30.3. The zero-order valence-electron chi connectivity index (χ0n) is 35.3. The quantitative estimate of drug-likeness (QED) is 0.139. The SMILES string of the molecule is CC(=O)N1CCN(Cc2ccc(-c3ccccc3C(F)(F)F)cc2)C[C@H]1Cc1ccccc1.FC(F)(F)c1ccccc1-c1ccc(CN2CCN[C@H](Cc3ccccc3)C2)cc1. The van der Waals surface area contributed by atoms with Crippen LogP contribution >= 0.6 is 0 Å². The molecule has 328 valence electrons. The molecule has 2 atom stereocenters. The Morgan fingerprint density at radius 2 is 0.968 bits per heavy atom. The lowest BCUT2D eigenvalue weighted by Crippen LogP contribution is -2.55. The summed E-state index contributed by atoms with van der Waals surface area (Å²) in [5.74, 6) is 0.0864. The van der Waals surface area contributed by atoms with Crippen LogP contribution in [0.2, 0.25) is 0 Å². The highest BCUT2D eigenvalue weighted by Crippen LogP contribution is 2.38. The summed E-state index contributed by atoms with van der Waals surface area (Å²) in [6.45, 7) is 8.16. The van der Waals surface area contributed by atoms with E-state index in [1.54, 1.807) is 43.3 Å². The van der Waals surface area contributed by atoms with E-state index in [0.717, 1.165) is 75.4 Å². The van der Waals surface area contributed by atoms with Crippen LogP contribution in [0.5, 0.6) is 0 Å². The second-order valence-electron chi connectivity index (χ2n) is 16.3. The van der Waals surface area contributed by atoms with E-state index in [2.05, 4.69) is 51.5 Å². The van der Waals surface area contributed by atoms with Crippen molar-refractivity contribution in [2.45, 2.75) is 57.3 Å². The predicted molar refractivity (Wildman–Crippen MR) is 238 cm³/mol. The number of nitrogens with zero attached hydrogens (tertiary/aromatic N) is 3. The number of carbonyl (C=O) groups is 1. The molecule has 0 saturated carbocycles. The Balaban J connectivity index is 0.000000190. The van der Waals surface area contributed by atoms with Gasteiger partial charge in [0.1, 0.15) is 0 Å². The molecule has 2 aliphatic heterocycles. The van der Waals surface area contributed by atoms with E-state index in [1.165, 1.54) is 35.4 Å². The molecule has 0 aliphatic carbocycles. The second-order valence-corrected chi connectivity index (χ2v) is 16.3. The summed E-state index contributed by atoms with van der Waals surface area (Å²) in [4.78, 5) is 18.8. The first kappa shape index (κ1) is 45.3. The highest BCUT2D eigenvalue weighted by molar-refractivity contribution is 5.74. The van der Waals surface area contributed by atoms with Gasteiger partial charge >= 0.3 is 12.4 Å². The molecular weight excluding hydrogens is 811 g/mol. The molecule has 2 saturated heterocycles. The molecule has 0 unspecified atom stereocenters. The highest BCUT2D eigenvalue weighted by atomic mass is 19.4. The average Bonchev–Trinajstić information content (AvgIpc) is 3.27. The van der Waals surface area contributed by atoms with E-state index >= 15 is 0 Å². The molecule has 0 radical (unpaired) electrons. The van der Waals surface area contributed by atoms with E-state index in [-0.39, 0.29) is 23.1 Å². The van der Waals surface area contributed by atoms with Crippen molar-refractivity contribution in [1.29, 1.82) is 0 Å². The molecule has 6 aromatic carbocycles. The fourth-order valence-electron chi connectivity index (χ4n) is 8.67. The molecule has 11 heteroatoms. The first-order valence-electron chi connectivity index (χ1n) is 21.3. The molecule has 6 aromatic rings. The van der Waals surface area contributed by atoms with E-state index in [9.17, 15) is 31.1 Å². The zero-order valence-corrected chi connectivity index (χ0v) is 35.3. The Morgan fingerprint density at radius 3 is 1.44 bits per heavy atom. The monoisotopic (exact) mass is 862 g/mol. The highest BCUT2D eigenvalue weighted by Gasteiger charge is 2.34. The van der Waals surface area contributed by atoms with E-state index in [1.807, 2.05) is 53.4 Å². The Kier molecular flexibility index (Phi) is 14.8. The van der Waals surface area contributed by atoms with Crippen LogP contribution < -0.4 is 5.32 Å². The summed E-state index contributed by atoms with van der Waals surface area (Å²) in [6, 6.07) is 47.3. The summed E-state index contributed by atoms with van der Waals surface area (Å²) in [7, 11) is 0. The number of piperazine rings is 2. The van der Waals surface area contributed by atoms with Gasteiger partial charge in [-0.05, 0) is 69.5 Å². The van der Waals surface area contributed by atoms with Crippen LogP contribution in [0.1, 0.15) is 40.3 Å². The van der Waals surface area contributed by atoms with Gasteiger partial charge in [-0.25, -0.2) is 0 Å². The summed E-state index contributed by atoms with van der Waals surface area (Å²) in [6.07, 6.45) is -6.96. The summed E-state index contributed by atoms with van der Waals surface area (Å²) in [5.41, 5.74) is 5.01. The van der Waals surface area contributed by atoms with Gasteiger partial charge in [-0.2, -0.15) is 26.3 Å². The van der Waals surface area contributed by atoms with Gasteiger partial charge in [0.25, 0.3) is 0 Å². The van der Waals surface area contributed by atoms with E-state index in [0.29, 0.717) is 30.3 Å². The van der Waals surface area contributed by atoms with Crippen LogP contribution in [0.25, 0.3) is 22.3 Å². The minimum Gasteiger partial charge on any atom is -0.337 e. The van der Waals surface area contributed by atoms with Crippen LogP contribution in [0.15, 0.2) is 158 Å². The van der Waals surface area contributed by atoms with Crippen LogP contribution in [-0.4, -0.2) is 72.0 Å². The molecule has 0 bridgehead atoms. The van der Waals surface area contributed by atoms with Gasteiger partial charge < -0.3 is 10.2 Å². The lowest BCUT2D eigenvalue weighted by Gasteiger charge is -2.41. The first-order valence-corrected chi connectivity index (χ1v) is 21.3. The Labute approximate surface area is 366 Å². The van der Waals surface area contributed by atoms with Gasteiger partial charge in [-0.15, -0.1) is 0 Å². The molecule has 1 N–H and O–H groups in total. The Hall–Kier alpha value is -5.75. The predicted octanol–water partition coefficient (Wildman–Crippen LogP) is 11.0. The van der Waals surface area contributed by atoms with Crippen molar-refractivity contribution >= 4 is 5.91 Å². The van der Waals surface area contributed by atoms with Crippen molar-refractivity contribution in [3.05, 3.63) is 191 Å². The van der Waals surface area contributed by atoms with Gasteiger partial charge in [-0.1, -0.05) is 146 Å². The number of halogens is 6. The molecule has 2 heterocycles. The molecular formula is C52H52F6N4O. The summed E-state index contributed by atoms with van der Waals surface area (Å²) >= 11 is 0. The topological polar surface area (TPSA) is 38.8 Å². The maximum atomic E-state index is 13.4. The zero-order chi connectivity index (χ0) is 44.4. The number of rotatable bonds is 10. The number of hydrogen-bond acceptors (Lipinski definition) is 4. The molecule has 5 nitrogen and oxygen atoms in total. The smallest absolute Gasteiger partial charge is 0.337 e. The van der Waals surface area contributed by atoms with Gasteiger partial charge in [0.15, 0.2) is 0 Å². The van der Waals surface area contributed by atoms with Gasteiger partial charge in [-0.3, -0.25) is 14.6 Å². The Morgan fingerprint density at radius 1 is 0.524 bits per heavy atom. The fraction of sp³-hybridized carbons (Fsp3) is 0.288. The van der Waals surface area contributed by atoms with Crippen LogP contribution in [0, 0.1) is 0 Å². The summed E-state index contributed by atoms with van der Waals surface area (Å²) in [5, 5.41) is 3.59. The maximum absolute atomic E-state index is 13.4. The number of hydrogen-bond donors (Lipinski definition) is 1. The molecule has 1 amide bonds. The molecule has 0 spiro atoms. The average molecular weight is 863 g/mol. The minimum absolute atomic E-state index is 0.0864. The van der Waals surface area contributed by atoms with Crippen LogP contribution in [-0.2, 0) is 43.1 Å². The Bertz CT molecular complexity index is 2370. The van der Waals surface area contributed by atoms with Crippen molar-refractivity contribution in [3.63, 3.8) is 0 Å². The minimum atomic E-state index is -4.39. The standard InChI is InChI=1S/C27H27F3N2O.C25H25F3N2/c1-20(33)32-16-15-31(19-24(32)17-21-7-3-2-4-8-21)18-22-11-13-23(14-12-22)25-9-5-6-10-26(25)27(28,29)30;26-25(27,28)24-9-5-4-8-23(24)21-12-10-20(11-13-21)17-30-15-14-29-22(18-30)16-19-6-2-1-3-7-19/h2-14,24H,15-19H2,1H3;1-13,22,29H,14-18H2/t24-;22-/m11/s1. The van der Waals surface area contributed by atoms with Gasteiger partial charge in [0, 0.05) is 71.4 Å². The number of carbonyl (C=O) groups excluding carboxylic acids is 1. The van der Waals surface area contributed by atoms with Gasteiger partial charge in [0.2, 0.25) is 5.91 Å². The third-order valence-electron chi connectivity index (χ3n) is 11.8. The third kappa shape index (κ3) is 12.5. The molecule has 2 fully saturated rings. The van der Waals surface area contributed by atoms with Crippen molar-refractivity contribution < 1.29 is 31.1 Å². The molecule has 0 aromatic heterocycles. The largest absolute Gasteiger partial charge is 0.417 e. The van der Waals surface area contributed by atoms with Crippen molar-refractivity contribution in [2.24, 2.45) is 0 Å². The third-order valence-corrected chi connectivity index (χ3v) is 11.8. The number of nitrogens with one attached hydrogen (secondary N) is 1. The number of alkyl halides is 6. The number of benzene rings is 6. The number of amides is 1. The lowest BCUT2D eigenvalue weighted by atomic mass is 9.98. The second kappa shape index (κ2) is 20.6. The van der Waals surface area contributed by atoms with Crippen LogP contribution in [0.4, 0.5) is 26.3 Å². The maximum Gasteiger partial charge on any atom is 0.417 e. The van der Waals surface area contributed by atoms with Crippen molar-refractivity contribution in [2.75, 3.05) is 39.3 Å². The lowest BCUT2D eigenvalue weighted by molar-refractivity contribution is -0.137. The fourth-order valence-corrected chi connectivity index (χ4v) is 8.67. The van der Waals surface area contributed by atoms with E-state index < -0.39 is 23.5 Å². The van der Waals surface area contributed by atoms with Crippen LogP contribution in [0.3, 0.4) is 0 Å². The van der Waals surface area contributed by atoms with E-state index in [4.69, 9.17) is 0 Å². The van der Waals surface area contributed by atoms with Crippen molar-refractivity contribution in [3.8, 4) is 22.3 Å². The molecule has 2 aliphatic rings. The van der Waals surface area contributed by atoms with Crippen molar-refractivity contribution in [1.82, 2.24) is 20.0 Å². The molecule has 8 rings (SSSR count).